The van der Waals surface area contributed by atoms with Crippen molar-refractivity contribution >= 4 is 53.8 Å². The summed E-state index contributed by atoms with van der Waals surface area (Å²) in [5.74, 6) is 1.20. The molecule has 1 amide bonds. The van der Waals surface area contributed by atoms with Gasteiger partial charge in [0.25, 0.3) is 5.91 Å². The highest BCUT2D eigenvalue weighted by Crippen LogP contribution is 2.28. The Morgan fingerprint density at radius 3 is 2.81 bits per heavy atom. The molecule has 0 saturated heterocycles. The molecule has 26 heavy (non-hydrogen) atoms. The Bertz CT molecular complexity index is 711. The molecule has 2 unspecified atom stereocenters. The van der Waals surface area contributed by atoms with Crippen LogP contribution in [-0.2, 0) is 5.75 Å². The smallest absolute Gasteiger partial charge is 0.252 e. The van der Waals surface area contributed by atoms with Crippen molar-refractivity contribution in [3.8, 4) is 0 Å². The number of thioether (sulfide) groups is 1. The normalized spacial score (nSPS) is 18.7. The first-order valence-corrected chi connectivity index (χ1v) is 10.2. The lowest BCUT2D eigenvalue weighted by molar-refractivity contribution is 0.0926. The standard InChI is InChI=1S/C18H23N3OS2.2ClH/c1-12-20-14(10-23-12)11-24-17-8-3-2-6-15(17)18(22)21-16-7-4-5-13(16)9-19;;/h2-3,6,8,10,13,16H,4-5,7,9,11,19H2,1H3,(H,21,22);2*1H. The van der Waals surface area contributed by atoms with E-state index in [1.807, 2.05) is 31.2 Å². The number of halogens is 2. The summed E-state index contributed by atoms with van der Waals surface area (Å²) in [6.45, 7) is 2.65. The van der Waals surface area contributed by atoms with E-state index in [1.54, 1.807) is 23.1 Å². The number of carbonyl (C=O) groups excluding carboxylic acids is 1. The Morgan fingerprint density at radius 2 is 2.12 bits per heavy atom. The minimum Gasteiger partial charge on any atom is -0.349 e. The summed E-state index contributed by atoms with van der Waals surface area (Å²) in [5.41, 5.74) is 7.63. The molecule has 1 aliphatic carbocycles. The molecule has 144 valence electrons. The van der Waals surface area contributed by atoms with Crippen LogP contribution in [0.5, 0.6) is 0 Å². The van der Waals surface area contributed by atoms with Gasteiger partial charge in [-0.1, -0.05) is 18.6 Å². The number of aryl methyl sites for hydroxylation is 1. The first kappa shape index (κ1) is 23.2. The lowest BCUT2D eigenvalue weighted by Crippen LogP contribution is -2.40. The van der Waals surface area contributed by atoms with Crippen LogP contribution < -0.4 is 11.1 Å². The number of aromatic nitrogens is 1. The summed E-state index contributed by atoms with van der Waals surface area (Å²) in [4.78, 5) is 18.2. The van der Waals surface area contributed by atoms with Crippen LogP contribution in [-0.4, -0.2) is 23.5 Å². The van der Waals surface area contributed by atoms with Crippen LogP contribution in [0.4, 0.5) is 0 Å². The Balaban J connectivity index is 0.00000169. The zero-order valence-corrected chi connectivity index (χ0v) is 17.9. The Kier molecular flexibility index (Phi) is 9.97. The second-order valence-electron chi connectivity index (χ2n) is 6.15. The number of thiazole rings is 1. The Labute approximate surface area is 175 Å². The van der Waals surface area contributed by atoms with Crippen molar-refractivity contribution in [2.24, 2.45) is 11.7 Å². The monoisotopic (exact) mass is 433 g/mol. The van der Waals surface area contributed by atoms with Gasteiger partial charge in [-0.05, 0) is 44.4 Å². The van der Waals surface area contributed by atoms with E-state index in [9.17, 15) is 4.79 Å². The molecule has 1 aromatic heterocycles. The molecule has 3 rings (SSSR count). The van der Waals surface area contributed by atoms with Crippen LogP contribution in [0, 0.1) is 12.8 Å². The summed E-state index contributed by atoms with van der Waals surface area (Å²) in [5, 5.41) is 6.35. The number of rotatable bonds is 6. The first-order valence-electron chi connectivity index (χ1n) is 8.31. The minimum absolute atomic E-state index is 0. The second-order valence-corrected chi connectivity index (χ2v) is 8.23. The number of amides is 1. The zero-order valence-electron chi connectivity index (χ0n) is 14.6. The molecule has 0 spiro atoms. The highest BCUT2D eigenvalue weighted by Gasteiger charge is 2.28. The fraction of sp³-hybridized carbons (Fsp3) is 0.444. The minimum atomic E-state index is 0. The second kappa shape index (κ2) is 11.1. The predicted octanol–water partition coefficient (Wildman–Crippen LogP) is 4.44. The van der Waals surface area contributed by atoms with Crippen LogP contribution in [0.3, 0.4) is 0 Å². The topological polar surface area (TPSA) is 68.0 Å². The summed E-state index contributed by atoms with van der Waals surface area (Å²) >= 11 is 3.32. The highest BCUT2D eigenvalue weighted by molar-refractivity contribution is 7.98. The van der Waals surface area contributed by atoms with Crippen molar-refractivity contribution < 1.29 is 4.79 Å². The molecule has 0 aliphatic heterocycles. The van der Waals surface area contributed by atoms with Crippen LogP contribution in [0.25, 0.3) is 0 Å². The fourth-order valence-electron chi connectivity index (χ4n) is 3.16. The maximum absolute atomic E-state index is 12.7. The van der Waals surface area contributed by atoms with Gasteiger partial charge in [-0.2, -0.15) is 0 Å². The summed E-state index contributed by atoms with van der Waals surface area (Å²) < 4.78 is 0. The lowest BCUT2D eigenvalue weighted by Gasteiger charge is -2.20. The molecule has 1 aliphatic rings. The molecule has 0 bridgehead atoms. The molecule has 1 heterocycles. The molecule has 2 aromatic rings. The quantitative estimate of drug-likeness (QED) is 0.660. The molecule has 0 radical (unpaired) electrons. The van der Waals surface area contributed by atoms with E-state index in [1.165, 1.54) is 0 Å². The maximum Gasteiger partial charge on any atom is 0.252 e. The number of hydrogen-bond acceptors (Lipinski definition) is 5. The van der Waals surface area contributed by atoms with Crippen LogP contribution in [0.15, 0.2) is 34.5 Å². The van der Waals surface area contributed by atoms with Crippen LogP contribution in [0.2, 0.25) is 0 Å². The molecule has 1 aromatic carbocycles. The SMILES string of the molecule is Cc1nc(CSc2ccccc2C(=O)NC2CCCC2CN)cs1.Cl.Cl. The van der Waals surface area contributed by atoms with E-state index >= 15 is 0 Å². The molecular weight excluding hydrogens is 409 g/mol. The van der Waals surface area contributed by atoms with Gasteiger partial charge in [0.2, 0.25) is 0 Å². The molecule has 2 atom stereocenters. The van der Waals surface area contributed by atoms with Gasteiger partial charge < -0.3 is 11.1 Å². The van der Waals surface area contributed by atoms with E-state index in [2.05, 4.69) is 15.7 Å². The van der Waals surface area contributed by atoms with Gasteiger partial charge in [0.15, 0.2) is 0 Å². The van der Waals surface area contributed by atoms with E-state index in [0.29, 0.717) is 12.5 Å². The van der Waals surface area contributed by atoms with Crippen LogP contribution >= 0.6 is 47.9 Å². The van der Waals surface area contributed by atoms with Crippen molar-refractivity contribution in [2.45, 2.75) is 42.9 Å². The van der Waals surface area contributed by atoms with Crippen molar-refractivity contribution in [2.75, 3.05) is 6.54 Å². The third-order valence-corrected chi connectivity index (χ3v) is 6.38. The largest absolute Gasteiger partial charge is 0.349 e. The molecular formula is C18H25Cl2N3OS2. The van der Waals surface area contributed by atoms with Gasteiger partial charge >= 0.3 is 0 Å². The highest BCUT2D eigenvalue weighted by atomic mass is 35.5. The lowest BCUT2D eigenvalue weighted by atomic mass is 10.0. The van der Waals surface area contributed by atoms with E-state index in [4.69, 9.17) is 5.73 Å². The summed E-state index contributed by atoms with van der Waals surface area (Å²) in [6.07, 6.45) is 3.29. The van der Waals surface area contributed by atoms with Crippen molar-refractivity contribution in [3.63, 3.8) is 0 Å². The van der Waals surface area contributed by atoms with Gasteiger partial charge in [0.05, 0.1) is 16.3 Å². The van der Waals surface area contributed by atoms with E-state index in [-0.39, 0.29) is 36.8 Å². The number of nitrogens with two attached hydrogens (primary N) is 1. The predicted molar refractivity (Wildman–Crippen MR) is 115 cm³/mol. The molecule has 8 heteroatoms. The van der Waals surface area contributed by atoms with Crippen LogP contribution in [0.1, 0.15) is 40.3 Å². The van der Waals surface area contributed by atoms with Crippen molar-refractivity contribution in [1.29, 1.82) is 0 Å². The number of nitrogens with zero attached hydrogens (tertiary/aromatic N) is 1. The van der Waals surface area contributed by atoms with E-state index in [0.717, 1.165) is 46.2 Å². The number of hydrogen-bond donors (Lipinski definition) is 2. The third kappa shape index (κ3) is 5.86. The maximum atomic E-state index is 12.7. The third-order valence-electron chi connectivity index (χ3n) is 4.45. The molecule has 4 nitrogen and oxygen atoms in total. The van der Waals surface area contributed by atoms with E-state index < -0.39 is 0 Å². The van der Waals surface area contributed by atoms with Gasteiger partial charge in [0, 0.05) is 22.1 Å². The van der Waals surface area contributed by atoms with Crippen molar-refractivity contribution in [3.05, 3.63) is 45.9 Å². The van der Waals surface area contributed by atoms with Gasteiger partial charge in [-0.3, -0.25) is 4.79 Å². The van der Waals surface area contributed by atoms with Gasteiger partial charge in [-0.25, -0.2) is 4.98 Å². The number of benzene rings is 1. The summed E-state index contributed by atoms with van der Waals surface area (Å²) in [7, 11) is 0. The number of nitrogens with one attached hydrogen (secondary N) is 1. The molecule has 1 saturated carbocycles. The Hall–Kier alpha value is -0.790. The molecule has 3 N–H and O–H groups in total. The van der Waals surface area contributed by atoms with Gasteiger partial charge in [-0.15, -0.1) is 47.9 Å². The molecule has 1 fully saturated rings. The van der Waals surface area contributed by atoms with Gasteiger partial charge in [0.1, 0.15) is 0 Å². The van der Waals surface area contributed by atoms with Crippen molar-refractivity contribution in [1.82, 2.24) is 10.3 Å². The first-order chi connectivity index (χ1) is 11.7. The summed E-state index contributed by atoms with van der Waals surface area (Å²) in [6, 6.07) is 8.01. The fourth-order valence-corrected chi connectivity index (χ4v) is 4.82. The average molecular weight is 434 g/mol. The average Bonchev–Trinajstić information content (AvgIpc) is 3.21. The Morgan fingerprint density at radius 1 is 1.35 bits per heavy atom. The zero-order chi connectivity index (χ0) is 16.9. The number of carbonyl (C=O) groups is 1.